The molecule has 6 nitrogen and oxygen atoms in total. The minimum atomic E-state index is 0.0117. The molecule has 6 heteroatoms. The Balaban J connectivity index is 1.66. The largest absolute Gasteiger partial charge is 0.294 e. The maximum atomic E-state index is 12.3. The van der Waals surface area contributed by atoms with Crippen LogP contribution in [0.5, 0.6) is 0 Å². The minimum Gasteiger partial charge on any atom is -0.294 e. The van der Waals surface area contributed by atoms with Crippen LogP contribution in [0.15, 0.2) is 61.3 Å². The van der Waals surface area contributed by atoms with Crippen LogP contribution in [-0.4, -0.2) is 30.5 Å². The molecule has 0 N–H and O–H groups in total. The van der Waals surface area contributed by atoms with Crippen molar-refractivity contribution in [2.45, 2.75) is 6.42 Å². The number of carbonyl (C=O) groups excluding carboxylic acids is 1. The van der Waals surface area contributed by atoms with E-state index in [0.29, 0.717) is 11.3 Å². The molecule has 0 fully saturated rings. The summed E-state index contributed by atoms with van der Waals surface area (Å²) in [6.07, 6.45) is 8.92. The lowest BCUT2D eigenvalue weighted by atomic mass is 10.1. The van der Waals surface area contributed by atoms with Crippen molar-refractivity contribution in [1.82, 2.24) is 24.7 Å². The molecular weight excluding hydrogens is 314 g/mol. The second-order valence-corrected chi connectivity index (χ2v) is 5.80. The van der Waals surface area contributed by atoms with E-state index in [-0.39, 0.29) is 12.2 Å². The Morgan fingerprint density at radius 1 is 1.12 bits per heavy atom. The van der Waals surface area contributed by atoms with Gasteiger partial charge in [0.2, 0.25) is 0 Å². The standard InChI is InChI=1S/C19H15N5O/c1-24-12-15(11-22-24)17-3-2-14-10-21-16(8-18(14)23-17)9-19(25)13-4-6-20-7-5-13/h2-8,10-12H,9H2,1H3. The first-order valence-corrected chi connectivity index (χ1v) is 7.87. The number of pyridine rings is 3. The van der Waals surface area contributed by atoms with Gasteiger partial charge in [-0.1, -0.05) is 0 Å². The fourth-order valence-electron chi connectivity index (χ4n) is 2.67. The number of ketones is 1. The number of Topliss-reactive ketones (excluding diaryl/α,β-unsaturated/α-hetero) is 1. The highest BCUT2D eigenvalue weighted by Gasteiger charge is 2.10. The third-order valence-electron chi connectivity index (χ3n) is 3.97. The lowest BCUT2D eigenvalue weighted by Gasteiger charge is -2.04. The number of rotatable bonds is 4. The summed E-state index contributed by atoms with van der Waals surface area (Å²) in [6, 6.07) is 9.22. The summed E-state index contributed by atoms with van der Waals surface area (Å²) < 4.78 is 1.74. The zero-order valence-corrected chi connectivity index (χ0v) is 13.6. The average Bonchev–Trinajstić information content (AvgIpc) is 3.08. The lowest BCUT2D eigenvalue weighted by Crippen LogP contribution is -2.05. The second kappa shape index (κ2) is 6.24. The van der Waals surface area contributed by atoms with Gasteiger partial charge < -0.3 is 0 Å². The van der Waals surface area contributed by atoms with Gasteiger partial charge in [-0.3, -0.25) is 19.4 Å². The van der Waals surface area contributed by atoms with E-state index in [1.807, 2.05) is 31.4 Å². The predicted molar refractivity (Wildman–Crippen MR) is 94.0 cm³/mol. The molecule has 0 amide bonds. The molecule has 25 heavy (non-hydrogen) atoms. The third-order valence-corrected chi connectivity index (χ3v) is 3.97. The van der Waals surface area contributed by atoms with Gasteiger partial charge in [-0.15, -0.1) is 0 Å². The van der Waals surface area contributed by atoms with Crippen molar-refractivity contribution in [2.24, 2.45) is 7.05 Å². The molecule has 0 unspecified atom stereocenters. The zero-order valence-electron chi connectivity index (χ0n) is 13.6. The van der Waals surface area contributed by atoms with Crippen molar-refractivity contribution in [3.63, 3.8) is 0 Å². The number of carbonyl (C=O) groups is 1. The summed E-state index contributed by atoms with van der Waals surface area (Å²) >= 11 is 0. The van der Waals surface area contributed by atoms with E-state index < -0.39 is 0 Å². The Bertz CT molecular complexity index is 1060. The van der Waals surface area contributed by atoms with Crippen LogP contribution in [-0.2, 0) is 13.5 Å². The SMILES string of the molecule is Cn1cc(-c2ccc3cnc(CC(=O)c4ccncc4)cc3n2)cn1. The number of hydrogen-bond donors (Lipinski definition) is 0. The summed E-state index contributed by atoms with van der Waals surface area (Å²) in [5.74, 6) is 0.0117. The van der Waals surface area contributed by atoms with Crippen LogP contribution >= 0.6 is 0 Å². The quantitative estimate of drug-likeness (QED) is 0.538. The van der Waals surface area contributed by atoms with Crippen LogP contribution in [0.2, 0.25) is 0 Å². The predicted octanol–water partition coefficient (Wildman–Crippen LogP) is 2.85. The fraction of sp³-hybridized carbons (Fsp3) is 0.105. The summed E-state index contributed by atoms with van der Waals surface area (Å²) in [5.41, 5.74) is 3.95. The maximum absolute atomic E-state index is 12.3. The molecular formula is C19H15N5O. The summed E-state index contributed by atoms with van der Waals surface area (Å²) in [7, 11) is 1.87. The van der Waals surface area contributed by atoms with Gasteiger partial charge in [0.1, 0.15) is 0 Å². The smallest absolute Gasteiger partial charge is 0.168 e. The molecule has 0 aliphatic heterocycles. The summed E-state index contributed by atoms with van der Waals surface area (Å²) in [5, 5.41) is 5.12. The van der Waals surface area contributed by atoms with Crippen LogP contribution in [0.25, 0.3) is 22.2 Å². The highest BCUT2D eigenvalue weighted by Crippen LogP contribution is 2.20. The summed E-state index contributed by atoms with van der Waals surface area (Å²) in [4.78, 5) is 25.3. The van der Waals surface area contributed by atoms with Crippen LogP contribution in [0.3, 0.4) is 0 Å². The molecule has 0 aliphatic carbocycles. The third kappa shape index (κ3) is 3.14. The molecule has 0 bridgehead atoms. The Morgan fingerprint density at radius 3 is 2.72 bits per heavy atom. The lowest BCUT2D eigenvalue weighted by molar-refractivity contribution is 0.0992. The Hall–Kier alpha value is -3.41. The van der Waals surface area contributed by atoms with E-state index in [4.69, 9.17) is 0 Å². The van der Waals surface area contributed by atoms with Gasteiger partial charge in [0.25, 0.3) is 0 Å². The highest BCUT2D eigenvalue weighted by atomic mass is 16.1. The first-order valence-electron chi connectivity index (χ1n) is 7.87. The minimum absolute atomic E-state index is 0.0117. The molecule has 0 saturated carbocycles. The molecule has 0 radical (unpaired) electrons. The molecule has 0 atom stereocenters. The average molecular weight is 329 g/mol. The number of aromatic nitrogens is 5. The monoisotopic (exact) mass is 329 g/mol. The number of fused-ring (bicyclic) bond motifs is 1. The fourth-order valence-corrected chi connectivity index (χ4v) is 2.67. The number of nitrogens with zero attached hydrogens (tertiary/aromatic N) is 5. The van der Waals surface area contributed by atoms with Crippen LogP contribution in [0, 0.1) is 0 Å². The van der Waals surface area contributed by atoms with Crippen molar-refractivity contribution >= 4 is 16.7 Å². The normalized spacial score (nSPS) is 10.9. The van der Waals surface area contributed by atoms with Crippen LogP contribution in [0.1, 0.15) is 16.1 Å². The molecule has 0 spiro atoms. The zero-order chi connectivity index (χ0) is 17.2. The van der Waals surface area contributed by atoms with Crippen LogP contribution in [0.4, 0.5) is 0 Å². The molecule has 4 rings (SSSR count). The van der Waals surface area contributed by atoms with Crippen molar-refractivity contribution in [3.05, 3.63) is 72.6 Å². The van der Waals surface area contributed by atoms with Crippen molar-refractivity contribution < 1.29 is 4.79 Å². The van der Waals surface area contributed by atoms with Gasteiger partial charge in [-0.2, -0.15) is 5.10 Å². The number of aryl methyl sites for hydroxylation is 1. The van der Waals surface area contributed by atoms with Gasteiger partial charge in [0.05, 0.1) is 29.5 Å². The molecule has 0 saturated heterocycles. The van der Waals surface area contributed by atoms with E-state index in [0.717, 1.165) is 22.2 Å². The van der Waals surface area contributed by atoms with Crippen molar-refractivity contribution in [3.8, 4) is 11.3 Å². The van der Waals surface area contributed by atoms with Crippen molar-refractivity contribution in [2.75, 3.05) is 0 Å². The topological polar surface area (TPSA) is 73.6 Å². The van der Waals surface area contributed by atoms with Gasteiger partial charge in [-0.05, 0) is 30.3 Å². The Morgan fingerprint density at radius 2 is 1.96 bits per heavy atom. The van der Waals surface area contributed by atoms with Crippen LogP contribution < -0.4 is 0 Å². The first kappa shape index (κ1) is 15.1. The Kier molecular flexibility index (Phi) is 3.78. The van der Waals surface area contributed by atoms with Gasteiger partial charge in [-0.25, -0.2) is 4.98 Å². The number of hydrogen-bond acceptors (Lipinski definition) is 5. The van der Waals surface area contributed by atoms with Gasteiger partial charge in [0.15, 0.2) is 5.78 Å². The van der Waals surface area contributed by atoms with E-state index in [2.05, 4.69) is 20.1 Å². The second-order valence-electron chi connectivity index (χ2n) is 5.80. The van der Waals surface area contributed by atoms with E-state index >= 15 is 0 Å². The highest BCUT2D eigenvalue weighted by molar-refractivity contribution is 5.97. The molecule has 4 aromatic rings. The summed E-state index contributed by atoms with van der Waals surface area (Å²) in [6.45, 7) is 0. The molecule has 0 aromatic carbocycles. The van der Waals surface area contributed by atoms with E-state index in [1.54, 1.807) is 41.6 Å². The van der Waals surface area contributed by atoms with Crippen molar-refractivity contribution in [1.29, 1.82) is 0 Å². The molecule has 0 aliphatic rings. The molecule has 122 valence electrons. The maximum Gasteiger partial charge on any atom is 0.168 e. The van der Waals surface area contributed by atoms with E-state index in [9.17, 15) is 4.79 Å². The van der Waals surface area contributed by atoms with Gasteiger partial charge in [0, 0.05) is 48.3 Å². The Labute approximate surface area is 144 Å². The molecule has 4 heterocycles. The first-order chi connectivity index (χ1) is 12.2. The molecule has 4 aromatic heterocycles. The van der Waals surface area contributed by atoms with Gasteiger partial charge >= 0.3 is 0 Å². The van der Waals surface area contributed by atoms with E-state index in [1.165, 1.54) is 0 Å².